The summed E-state index contributed by atoms with van der Waals surface area (Å²) >= 11 is 0. The Bertz CT molecular complexity index is 456. The first kappa shape index (κ1) is 13.0. The van der Waals surface area contributed by atoms with E-state index in [0.717, 1.165) is 11.8 Å². The lowest BCUT2D eigenvalue weighted by atomic mass is 9.56. The molecule has 19 heavy (non-hydrogen) atoms. The van der Waals surface area contributed by atoms with Crippen LogP contribution in [0.25, 0.3) is 6.08 Å². The number of rotatable bonds is 1. The van der Waals surface area contributed by atoms with Crippen LogP contribution in [0.5, 0.6) is 0 Å². The highest BCUT2D eigenvalue weighted by molar-refractivity contribution is 5.53. The van der Waals surface area contributed by atoms with E-state index < -0.39 is 0 Å². The van der Waals surface area contributed by atoms with E-state index >= 15 is 0 Å². The van der Waals surface area contributed by atoms with E-state index in [4.69, 9.17) is 0 Å². The number of fused-ring (bicyclic) bond motifs is 1. The van der Waals surface area contributed by atoms with E-state index in [0.29, 0.717) is 5.41 Å². The van der Waals surface area contributed by atoms with Crippen LogP contribution in [0, 0.1) is 17.3 Å². The molecular weight excluding hydrogens is 228 g/mol. The Morgan fingerprint density at radius 2 is 1.95 bits per heavy atom. The summed E-state index contributed by atoms with van der Waals surface area (Å²) in [5.41, 5.74) is 3.64. The average molecular weight is 254 g/mol. The number of hydrogen-bond acceptors (Lipinski definition) is 0. The lowest BCUT2D eigenvalue weighted by molar-refractivity contribution is 0.0477. The van der Waals surface area contributed by atoms with Crippen molar-refractivity contribution < 1.29 is 0 Å². The van der Waals surface area contributed by atoms with Crippen LogP contribution < -0.4 is 0 Å². The van der Waals surface area contributed by atoms with Gasteiger partial charge in [0, 0.05) is 0 Å². The average Bonchev–Trinajstić information content (AvgIpc) is 2.39. The normalized spacial score (nSPS) is 37.1. The van der Waals surface area contributed by atoms with Crippen LogP contribution >= 0.6 is 0 Å². The maximum Gasteiger partial charge on any atom is -0.0257 e. The summed E-state index contributed by atoms with van der Waals surface area (Å²) in [5.74, 6) is 1.84. The Labute approximate surface area is 117 Å². The Balaban J connectivity index is 1.84. The summed E-state index contributed by atoms with van der Waals surface area (Å²) in [6.07, 6.45) is 10.9. The molecule has 0 bridgehead atoms. The maximum atomic E-state index is 2.55. The molecule has 3 rings (SSSR count). The molecule has 1 aromatic rings. The molecule has 0 heterocycles. The van der Waals surface area contributed by atoms with Crippen LogP contribution in [0.15, 0.2) is 35.9 Å². The minimum atomic E-state index is 0.580. The molecule has 2 saturated carbocycles. The molecule has 3 atom stereocenters. The van der Waals surface area contributed by atoms with Crippen molar-refractivity contribution in [2.24, 2.45) is 17.3 Å². The van der Waals surface area contributed by atoms with Crippen LogP contribution in [-0.4, -0.2) is 0 Å². The standard InChI is InChI=1S/C19H26/c1-15-12-17(13-16-8-4-3-5-9-16)14-19(2)11-7-6-10-18(15)19/h3-5,8-9,13,15,18H,6-7,10-12,14H2,1-2H3/t15?,18-,19?/m0/s1. The van der Waals surface area contributed by atoms with E-state index in [-0.39, 0.29) is 0 Å². The molecule has 0 N–H and O–H groups in total. The largest absolute Gasteiger partial charge is 0.0688 e. The lowest BCUT2D eigenvalue weighted by Gasteiger charge is -2.49. The fraction of sp³-hybridized carbons (Fsp3) is 0.579. The van der Waals surface area contributed by atoms with Crippen molar-refractivity contribution in [1.29, 1.82) is 0 Å². The van der Waals surface area contributed by atoms with Gasteiger partial charge in [0.2, 0.25) is 0 Å². The molecule has 0 saturated heterocycles. The molecule has 1 aromatic carbocycles. The smallest absolute Gasteiger partial charge is 0.0257 e. The summed E-state index contributed by atoms with van der Waals surface area (Å²) in [5, 5.41) is 0. The van der Waals surface area contributed by atoms with Gasteiger partial charge in [-0.25, -0.2) is 0 Å². The second kappa shape index (κ2) is 5.15. The van der Waals surface area contributed by atoms with Crippen molar-refractivity contribution in [3.63, 3.8) is 0 Å². The fourth-order valence-corrected chi connectivity index (χ4v) is 4.66. The summed E-state index contributed by atoms with van der Waals surface area (Å²) < 4.78 is 0. The van der Waals surface area contributed by atoms with E-state index in [1.165, 1.54) is 44.1 Å². The topological polar surface area (TPSA) is 0 Å². The van der Waals surface area contributed by atoms with Gasteiger partial charge in [-0.3, -0.25) is 0 Å². The molecule has 0 heteroatoms. The zero-order chi connectivity index (χ0) is 13.3. The van der Waals surface area contributed by atoms with Crippen molar-refractivity contribution in [2.75, 3.05) is 0 Å². The van der Waals surface area contributed by atoms with Gasteiger partial charge in [-0.2, -0.15) is 0 Å². The first-order valence-electron chi connectivity index (χ1n) is 7.92. The van der Waals surface area contributed by atoms with E-state index in [1.807, 2.05) is 0 Å². The van der Waals surface area contributed by atoms with Crippen molar-refractivity contribution in [3.05, 3.63) is 41.5 Å². The Hall–Kier alpha value is -1.04. The van der Waals surface area contributed by atoms with Gasteiger partial charge in [0.15, 0.2) is 0 Å². The SMILES string of the molecule is CC1CC(=Cc2ccccc2)CC2(C)CCCC[C@@H]12. The highest BCUT2D eigenvalue weighted by Crippen LogP contribution is 2.54. The molecule has 2 unspecified atom stereocenters. The molecule has 102 valence electrons. The van der Waals surface area contributed by atoms with E-state index in [1.54, 1.807) is 5.57 Å². The van der Waals surface area contributed by atoms with Gasteiger partial charge < -0.3 is 0 Å². The summed E-state index contributed by atoms with van der Waals surface area (Å²) in [7, 11) is 0. The molecule has 0 aliphatic heterocycles. The number of hydrogen-bond donors (Lipinski definition) is 0. The lowest BCUT2D eigenvalue weighted by Crippen LogP contribution is -2.39. The Kier molecular flexibility index (Phi) is 3.52. The van der Waals surface area contributed by atoms with Gasteiger partial charge in [0.25, 0.3) is 0 Å². The number of allylic oxidation sites excluding steroid dienone is 1. The first-order chi connectivity index (χ1) is 9.17. The predicted octanol–water partition coefficient (Wildman–Crippen LogP) is 5.70. The molecule has 0 nitrogen and oxygen atoms in total. The summed E-state index contributed by atoms with van der Waals surface area (Å²) in [6.45, 7) is 5.03. The highest BCUT2D eigenvalue weighted by Gasteiger charge is 2.43. The van der Waals surface area contributed by atoms with Gasteiger partial charge in [-0.1, -0.05) is 68.7 Å². The van der Waals surface area contributed by atoms with E-state index in [9.17, 15) is 0 Å². The molecule has 2 aliphatic rings. The van der Waals surface area contributed by atoms with Gasteiger partial charge in [-0.05, 0) is 48.5 Å². The van der Waals surface area contributed by atoms with Gasteiger partial charge >= 0.3 is 0 Å². The third-order valence-corrected chi connectivity index (χ3v) is 5.48. The Morgan fingerprint density at radius 1 is 1.16 bits per heavy atom. The van der Waals surface area contributed by atoms with Crippen LogP contribution in [0.2, 0.25) is 0 Å². The van der Waals surface area contributed by atoms with Crippen molar-refractivity contribution in [2.45, 2.75) is 52.4 Å². The summed E-state index contributed by atoms with van der Waals surface area (Å²) in [4.78, 5) is 0. The fourth-order valence-electron chi connectivity index (χ4n) is 4.66. The zero-order valence-electron chi connectivity index (χ0n) is 12.4. The predicted molar refractivity (Wildman–Crippen MR) is 82.9 cm³/mol. The minimum Gasteiger partial charge on any atom is -0.0688 e. The third kappa shape index (κ3) is 2.63. The van der Waals surface area contributed by atoms with Crippen molar-refractivity contribution in [1.82, 2.24) is 0 Å². The van der Waals surface area contributed by atoms with Crippen LogP contribution in [-0.2, 0) is 0 Å². The second-order valence-corrected chi connectivity index (χ2v) is 7.08. The van der Waals surface area contributed by atoms with Crippen LogP contribution in [0.4, 0.5) is 0 Å². The third-order valence-electron chi connectivity index (χ3n) is 5.48. The van der Waals surface area contributed by atoms with Gasteiger partial charge in [-0.15, -0.1) is 0 Å². The Morgan fingerprint density at radius 3 is 2.74 bits per heavy atom. The van der Waals surface area contributed by atoms with Crippen LogP contribution in [0.1, 0.15) is 57.9 Å². The van der Waals surface area contributed by atoms with Crippen molar-refractivity contribution >= 4 is 6.08 Å². The molecule has 2 fully saturated rings. The maximum absolute atomic E-state index is 2.55. The molecule has 2 aliphatic carbocycles. The minimum absolute atomic E-state index is 0.580. The molecule has 0 aromatic heterocycles. The highest BCUT2D eigenvalue weighted by atomic mass is 14.5. The van der Waals surface area contributed by atoms with Crippen molar-refractivity contribution in [3.8, 4) is 0 Å². The van der Waals surface area contributed by atoms with Gasteiger partial charge in [0.05, 0.1) is 0 Å². The molecule has 0 amide bonds. The van der Waals surface area contributed by atoms with Crippen LogP contribution in [0.3, 0.4) is 0 Å². The number of benzene rings is 1. The molecular formula is C19H26. The summed E-state index contributed by atoms with van der Waals surface area (Å²) in [6, 6.07) is 10.8. The zero-order valence-corrected chi connectivity index (χ0v) is 12.4. The van der Waals surface area contributed by atoms with E-state index in [2.05, 4.69) is 50.3 Å². The second-order valence-electron chi connectivity index (χ2n) is 7.08. The molecule has 0 spiro atoms. The monoisotopic (exact) mass is 254 g/mol. The van der Waals surface area contributed by atoms with Gasteiger partial charge in [0.1, 0.15) is 0 Å². The molecule has 0 radical (unpaired) electrons. The first-order valence-corrected chi connectivity index (χ1v) is 7.92. The quantitative estimate of drug-likeness (QED) is 0.603.